The lowest BCUT2D eigenvalue weighted by molar-refractivity contribution is 0.391. The van der Waals surface area contributed by atoms with Crippen molar-refractivity contribution in [3.63, 3.8) is 0 Å². The van der Waals surface area contributed by atoms with Crippen LogP contribution in [0.15, 0.2) is 24.7 Å². The predicted molar refractivity (Wildman–Crippen MR) is 111 cm³/mol. The van der Waals surface area contributed by atoms with E-state index in [0.29, 0.717) is 17.7 Å². The molecule has 3 heterocycles. The molecule has 28 heavy (non-hydrogen) atoms. The topological polar surface area (TPSA) is 98.3 Å². The Morgan fingerprint density at radius 3 is 2.68 bits per heavy atom. The largest absolute Gasteiger partial charge is 0.383 e. The fraction of sp³-hybridized carbons (Fsp3) is 0.524. The van der Waals surface area contributed by atoms with E-state index < -0.39 is 0 Å². The standard InChI is InChI=1S/C21H29N7/c1-3-5-17(6-4-2)28-13-16(12-24-28)15-10-18(20(22)23-11-15)21-25-19(26-27-21)9-14-7-8-14/h10-14,17H,3-9H2,1-2H3,(H2,22,23)(H,25,26,27). The van der Waals surface area contributed by atoms with E-state index in [1.54, 1.807) is 6.20 Å². The SMILES string of the molecule is CCCC(CCC)n1cc(-c2cnc(N)c(-c3n[nH]c(CC4CC4)n3)c2)cn1. The van der Waals surface area contributed by atoms with Gasteiger partial charge in [-0.2, -0.15) is 10.2 Å². The quantitative estimate of drug-likeness (QED) is 0.574. The number of pyridine rings is 1. The molecule has 0 bridgehead atoms. The highest BCUT2D eigenvalue weighted by Crippen LogP contribution is 2.33. The van der Waals surface area contributed by atoms with Gasteiger partial charge in [-0.1, -0.05) is 26.7 Å². The smallest absolute Gasteiger partial charge is 0.184 e. The van der Waals surface area contributed by atoms with Crippen molar-refractivity contribution in [2.75, 3.05) is 5.73 Å². The van der Waals surface area contributed by atoms with Gasteiger partial charge in [0.2, 0.25) is 0 Å². The summed E-state index contributed by atoms with van der Waals surface area (Å²) in [5.74, 6) is 2.75. The third kappa shape index (κ3) is 4.08. The Morgan fingerprint density at radius 1 is 1.18 bits per heavy atom. The van der Waals surface area contributed by atoms with Crippen LogP contribution in [0.5, 0.6) is 0 Å². The Morgan fingerprint density at radius 2 is 1.96 bits per heavy atom. The number of nitrogens with two attached hydrogens (primary N) is 1. The number of rotatable bonds is 9. The zero-order chi connectivity index (χ0) is 19.5. The van der Waals surface area contributed by atoms with Gasteiger partial charge in [0.1, 0.15) is 11.6 Å². The fourth-order valence-corrected chi connectivity index (χ4v) is 3.68. The van der Waals surface area contributed by atoms with E-state index in [1.807, 2.05) is 12.3 Å². The van der Waals surface area contributed by atoms with E-state index in [0.717, 1.165) is 60.5 Å². The van der Waals surface area contributed by atoms with Crippen molar-refractivity contribution in [1.29, 1.82) is 0 Å². The third-order valence-corrected chi connectivity index (χ3v) is 5.42. The van der Waals surface area contributed by atoms with Crippen molar-refractivity contribution >= 4 is 5.82 Å². The molecule has 3 aromatic rings. The number of nitrogens with one attached hydrogen (secondary N) is 1. The lowest BCUT2D eigenvalue weighted by Gasteiger charge is -2.15. The van der Waals surface area contributed by atoms with Gasteiger partial charge in [-0.15, -0.1) is 0 Å². The number of H-pyrrole nitrogens is 1. The van der Waals surface area contributed by atoms with Crippen molar-refractivity contribution in [2.45, 2.75) is 64.8 Å². The molecule has 0 unspecified atom stereocenters. The molecule has 148 valence electrons. The van der Waals surface area contributed by atoms with Gasteiger partial charge in [-0.05, 0) is 37.7 Å². The van der Waals surface area contributed by atoms with Gasteiger partial charge in [0.25, 0.3) is 0 Å². The summed E-state index contributed by atoms with van der Waals surface area (Å²) >= 11 is 0. The fourth-order valence-electron chi connectivity index (χ4n) is 3.68. The maximum Gasteiger partial charge on any atom is 0.184 e. The lowest BCUT2D eigenvalue weighted by Crippen LogP contribution is -2.08. The van der Waals surface area contributed by atoms with Crippen LogP contribution in [0.25, 0.3) is 22.5 Å². The Kier molecular flexibility index (Phi) is 5.41. The molecule has 0 spiro atoms. The highest BCUT2D eigenvalue weighted by molar-refractivity contribution is 5.75. The van der Waals surface area contributed by atoms with Gasteiger partial charge in [-0.25, -0.2) is 9.97 Å². The molecular weight excluding hydrogens is 350 g/mol. The summed E-state index contributed by atoms with van der Waals surface area (Å²) < 4.78 is 2.10. The summed E-state index contributed by atoms with van der Waals surface area (Å²) in [6.07, 6.45) is 13.9. The van der Waals surface area contributed by atoms with Gasteiger partial charge in [-0.3, -0.25) is 9.78 Å². The molecule has 7 nitrogen and oxygen atoms in total. The highest BCUT2D eigenvalue weighted by atomic mass is 15.3. The van der Waals surface area contributed by atoms with Crippen LogP contribution in [0.2, 0.25) is 0 Å². The van der Waals surface area contributed by atoms with E-state index in [1.165, 1.54) is 12.8 Å². The van der Waals surface area contributed by atoms with Crippen LogP contribution in [0.3, 0.4) is 0 Å². The van der Waals surface area contributed by atoms with Crippen LogP contribution in [-0.2, 0) is 6.42 Å². The number of hydrogen-bond acceptors (Lipinski definition) is 5. The van der Waals surface area contributed by atoms with E-state index >= 15 is 0 Å². The third-order valence-electron chi connectivity index (χ3n) is 5.42. The molecule has 0 radical (unpaired) electrons. The molecule has 7 heteroatoms. The minimum absolute atomic E-state index is 0.447. The Bertz CT molecular complexity index is 916. The first-order chi connectivity index (χ1) is 13.7. The lowest BCUT2D eigenvalue weighted by atomic mass is 10.1. The van der Waals surface area contributed by atoms with Crippen LogP contribution < -0.4 is 5.73 Å². The minimum Gasteiger partial charge on any atom is -0.383 e. The van der Waals surface area contributed by atoms with Gasteiger partial charge in [0.05, 0.1) is 17.8 Å². The molecule has 0 atom stereocenters. The van der Waals surface area contributed by atoms with Crippen LogP contribution in [-0.4, -0.2) is 29.9 Å². The molecular formula is C21H29N7. The number of aromatic amines is 1. The maximum atomic E-state index is 6.13. The zero-order valence-electron chi connectivity index (χ0n) is 16.7. The molecule has 1 fully saturated rings. The van der Waals surface area contributed by atoms with E-state index in [-0.39, 0.29) is 0 Å². The number of hydrogen-bond donors (Lipinski definition) is 2. The van der Waals surface area contributed by atoms with Crippen LogP contribution in [0.1, 0.15) is 64.2 Å². The predicted octanol–water partition coefficient (Wildman–Crippen LogP) is 4.41. The molecule has 0 aromatic carbocycles. The molecule has 4 rings (SSSR count). The monoisotopic (exact) mass is 379 g/mol. The first-order valence-electron chi connectivity index (χ1n) is 10.4. The van der Waals surface area contributed by atoms with Crippen LogP contribution >= 0.6 is 0 Å². The second-order valence-electron chi connectivity index (χ2n) is 7.85. The van der Waals surface area contributed by atoms with Crippen molar-refractivity contribution in [2.24, 2.45) is 5.92 Å². The van der Waals surface area contributed by atoms with Crippen LogP contribution in [0, 0.1) is 5.92 Å². The van der Waals surface area contributed by atoms with Gasteiger partial charge in [0, 0.05) is 29.9 Å². The molecule has 3 N–H and O–H groups in total. The Hall–Kier alpha value is -2.70. The summed E-state index contributed by atoms with van der Waals surface area (Å²) in [7, 11) is 0. The number of nitrogen functional groups attached to an aromatic ring is 1. The van der Waals surface area contributed by atoms with Crippen molar-refractivity contribution in [3.8, 4) is 22.5 Å². The maximum absolute atomic E-state index is 6.13. The first kappa shape index (κ1) is 18.7. The number of nitrogens with zero attached hydrogens (tertiary/aromatic N) is 5. The Balaban J connectivity index is 1.59. The van der Waals surface area contributed by atoms with Gasteiger partial charge >= 0.3 is 0 Å². The van der Waals surface area contributed by atoms with E-state index in [9.17, 15) is 0 Å². The summed E-state index contributed by atoms with van der Waals surface area (Å²) in [6.45, 7) is 4.44. The van der Waals surface area contributed by atoms with E-state index in [4.69, 9.17) is 5.73 Å². The summed E-state index contributed by atoms with van der Waals surface area (Å²) in [5.41, 5.74) is 8.92. The second-order valence-corrected chi connectivity index (χ2v) is 7.85. The van der Waals surface area contributed by atoms with E-state index in [2.05, 4.69) is 50.0 Å². The van der Waals surface area contributed by atoms with Gasteiger partial charge in [0.15, 0.2) is 5.82 Å². The first-order valence-corrected chi connectivity index (χ1v) is 10.4. The molecule has 0 amide bonds. The average molecular weight is 380 g/mol. The van der Waals surface area contributed by atoms with Crippen LogP contribution in [0.4, 0.5) is 5.82 Å². The molecule has 3 aromatic heterocycles. The summed E-state index contributed by atoms with van der Waals surface area (Å²) in [6, 6.07) is 2.46. The van der Waals surface area contributed by atoms with Gasteiger partial charge < -0.3 is 5.73 Å². The molecule has 1 aliphatic carbocycles. The molecule has 1 saturated carbocycles. The molecule has 0 aliphatic heterocycles. The number of aromatic nitrogens is 6. The summed E-state index contributed by atoms with van der Waals surface area (Å²) in [5, 5.41) is 12.0. The number of anilines is 1. The summed E-state index contributed by atoms with van der Waals surface area (Å²) in [4.78, 5) is 9.02. The second kappa shape index (κ2) is 8.12. The van der Waals surface area contributed by atoms with Crippen molar-refractivity contribution < 1.29 is 0 Å². The van der Waals surface area contributed by atoms with Crippen molar-refractivity contribution in [1.82, 2.24) is 29.9 Å². The zero-order valence-corrected chi connectivity index (χ0v) is 16.7. The normalized spacial score (nSPS) is 14.1. The highest BCUT2D eigenvalue weighted by Gasteiger charge is 2.23. The Labute approximate surface area is 165 Å². The molecule has 1 aliphatic rings. The van der Waals surface area contributed by atoms with Crippen molar-refractivity contribution in [3.05, 3.63) is 30.5 Å². The molecule has 0 saturated heterocycles. The average Bonchev–Trinajstić information content (AvgIpc) is 3.18. The minimum atomic E-state index is 0.447.